The summed E-state index contributed by atoms with van der Waals surface area (Å²) in [4.78, 5) is 1.45. The van der Waals surface area contributed by atoms with E-state index in [1.807, 2.05) is 23.5 Å². The van der Waals surface area contributed by atoms with E-state index in [1.54, 1.807) is 13.0 Å². The number of benzene rings is 1. The monoisotopic (exact) mass is 339 g/mol. The lowest BCUT2D eigenvalue weighted by atomic mass is 9.94. The average molecular weight is 340 g/mol. The Bertz CT molecular complexity index is 608. The van der Waals surface area contributed by atoms with Crippen molar-refractivity contribution in [2.45, 2.75) is 32.2 Å². The Balaban J connectivity index is 1.86. The predicted molar refractivity (Wildman–Crippen MR) is 82.5 cm³/mol. The van der Waals surface area contributed by atoms with Crippen LogP contribution in [0.3, 0.4) is 0 Å². The summed E-state index contributed by atoms with van der Waals surface area (Å²) in [5.41, 5.74) is 2.92. The molecule has 1 aliphatic rings. The zero-order chi connectivity index (χ0) is 13.4. The van der Waals surface area contributed by atoms with Gasteiger partial charge in [-0.25, -0.2) is 4.39 Å². The second-order valence-corrected chi connectivity index (χ2v) is 7.50. The van der Waals surface area contributed by atoms with Crippen LogP contribution in [0.15, 0.2) is 28.1 Å². The molecular formula is C15H15BrFNS. The number of thiophene rings is 1. The molecule has 0 radical (unpaired) electrons. The van der Waals surface area contributed by atoms with Gasteiger partial charge in [-0.05, 0) is 71.4 Å². The summed E-state index contributed by atoms with van der Waals surface area (Å²) in [5.74, 6) is -0.146. The first-order valence-corrected chi connectivity index (χ1v) is 8.05. The fourth-order valence-corrected chi connectivity index (χ4v) is 4.37. The highest BCUT2D eigenvalue weighted by atomic mass is 79.9. The Morgan fingerprint density at radius 3 is 3.00 bits per heavy atom. The molecule has 0 saturated carbocycles. The van der Waals surface area contributed by atoms with Gasteiger partial charge in [0.05, 0.1) is 9.83 Å². The number of fused-ring (bicyclic) bond motifs is 1. The van der Waals surface area contributed by atoms with Gasteiger partial charge in [-0.1, -0.05) is 6.07 Å². The van der Waals surface area contributed by atoms with Gasteiger partial charge < -0.3 is 5.32 Å². The first-order chi connectivity index (χ1) is 9.13. The van der Waals surface area contributed by atoms with E-state index in [1.165, 1.54) is 20.6 Å². The predicted octanol–water partition coefficient (Wildman–Crippen LogP) is 5.45. The van der Waals surface area contributed by atoms with Crippen molar-refractivity contribution in [3.05, 3.63) is 49.9 Å². The van der Waals surface area contributed by atoms with E-state index in [9.17, 15) is 4.39 Å². The van der Waals surface area contributed by atoms with E-state index in [2.05, 4.69) is 27.3 Å². The summed E-state index contributed by atoms with van der Waals surface area (Å²) >= 11 is 5.37. The minimum absolute atomic E-state index is 0.146. The third kappa shape index (κ3) is 2.70. The third-order valence-corrected chi connectivity index (χ3v) is 5.31. The van der Waals surface area contributed by atoms with Crippen molar-refractivity contribution in [3.63, 3.8) is 0 Å². The number of anilines is 1. The average Bonchev–Trinajstić information content (AvgIpc) is 2.75. The van der Waals surface area contributed by atoms with E-state index < -0.39 is 0 Å². The van der Waals surface area contributed by atoms with E-state index in [0.29, 0.717) is 11.6 Å². The Morgan fingerprint density at radius 1 is 1.37 bits per heavy atom. The van der Waals surface area contributed by atoms with Crippen LogP contribution in [0.5, 0.6) is 0 Å². The molecule has 1 heterocycles. The fraction of sp³-hybridized carbons (Fsp3) is 0.333. The Kier molecular flexibility index (Phi) is 3.63. The quantitative estimate of drug-likeness (QED) is 0.767. The number of hydrogen-bond donors (Lipinski definition) is 1. The van der Waals surface area contributed by atoms with Gasteiger partial charge in [-0.3, -0.25) is 0 Å². The lowest BCUT2D eigenvalue weighted by Crippen LogP contribution is -2.15. The van der Waals surface area contributed by atoms with Gasteiger partial charge in [-0.2, -0.15) is 0 Å². The molecule has 100 valence electrons. The van der Waals surface area contributed by atoms with Crippen LogP contribution in [0.4, 0.5) is 10.1 Å². The van der Waals surface area contributed by atoms with Crippen molar-refractivity contribution in [2.75, 3.05) is 5.32 Å². The van der Waals surface area contributed by atoms with Crippen molar-refractivity contribution < 1.29 is 4.39 Å². The van der Waals surface area contributed by atoms with E-state index in [4.69, 9.17) is 0 Å². The molecule has 0 aliphatic heterocycles. The van der Waals surface area contributed by atoms with Gasteiger partial charge in [0.2, 0.25) is 0 Å². The van der Waals surface area contributed by atoms with Crippen LogP contribution < -0.4 is 5.32 Å². The van der Waals surface area contributed by atoms with Crippen LogP contribution in [-0.2, 0) is 6.42 Å². The molecular weight excluding hydrogens is 325 g/mol. The number of hydrogen-bond acceptors (Lipinski definition) is 2. The molecule has 1 aromatic carbocycles. The first-order valence-electron chi connectivity index (χ1n) is 6.44. The molecule has 1 aliphatic carbocycles. The molecule has 3 rings (SSSR count). The SMILES string of the molecule is Cc1ccc(NC2CCCc3sc(Br)cc32)cc1F. The summed E-state index contributed by atoms with van der Waals surface area (Å²) in [7, 11) is 0. The molecule has 19 heavy (non-hydrogen) atoms. The molecule has 1 atom stereocenters. The van der Waals surface area contributed by atoms with Crippen LogP contribution in [0.1, 0.15) is 34.9 Å². The summed E-state index contributed by atoms with van der Waals surface area (Å²) in [6.45, 7) is 1.79. The lowest BCUT2D eigenvalue weighted by Gasteiger charge is -2.24. The molecule has 0 fully saturated rings. The van der Waals surface area contributed by atoms with Crippen molar-refractivity contribution in [1.82, 2.24) is 0 Å². The molecule has 0 bridgehead atoms. The van der Waals surface area contributed by atoms with Crippen molar-refractivity contribution in [2.24, 2.45) is 0 Å². The highest BCUT2D eigenvalue weighted by Crippen LogP contribution is 2.39. The molecule has 0 amide bonds. The van der Waals surface area contributed by atoms with Gasteiger partial charge in [0.15, 0.2) is 0 Å². The zero-order valence-corrected chi connectivity index (χ0v) is 13.1. The highest BCUT2D eigenvalue weighted by Gasteiger charge is 2.22. The molecule has 2 aromatic rings. The topological polar surface area (TPSA) is 12.0 Å². The van der Waals surface area contributed by atoms with Gasteiger partial charge in [0, 0.05) is 10.6 Å². The highest BCUT2D eigenvalue weighted by molar-refractivity contribution is 9.11. The van der Waals surface area contributed by atoms with E-state index in [-0.39, 0.29) is 5.82 Å². The molecule has 1 unspecified atom stereocenters. The summed E-state index contributed by atoms with van der Waals surface area (Å²) in [5, 5.41) is 3.46. The molecule has 1 N–H and O–H groups in total. The van der Waals surface area contributed by atoms with Gasteiger partial charge >= 0.3 is 0 Å². The van der Waals surface area contributed by atoms with Crippen molar-refractivity contribution in [1.29, 1.82) is 0 Å². The minimum Gasteiger partial charge on any atom is -0.378 e. The first kappa shape index (κ1) is 13.1. The maximum absolute atomic E-state index is 13.6. The van der Waals surface area contributed by atoms with E-state index >= 15 is 0 Å². The second-order valence-electron chi connectivity index (χ2n) is 4.98. The van der Waals surface area contributed by atoms with Crippen LogP contribution >= 0.6 is 27.3 Å². The van der Waals surface area contributed by atoms with Crippen LogP contribution in [0, 0.1) is 12.7 Å². The largest absolute Gasteiger partial charge is 0.378 e. The number of rotatable bonds is 2. The van der Waals surface area contributed by atoms with Gasteiger partial charge in [0.1, 0.15) is 5.82 Å². The Morgan fingerprint density at radius 2 is 2.21 bits per heavy atom. The third-order valence-electron chi connectivity index (χ3n) is 3.60. The van der Waals surface area contributed by atoms with Gasteiger partial charge in [-0.15, -0.1) is 11.3 Å². The second kappa shape index (κ2) is 5.25. The number of nitrogens with one attached hydrogen (secondary N) is 1. The van der Waals surface area contributed by atoms with Gasteiger partial charge in [0.25, 0.3) is 0 Å². The van der Waals surface area contributed by atoms with Crippen LogP contribution in [-0.4, -0.2) is 0 Å². The maximum atomic E-state index is 13.6. The molecule has 1 nitrogen and oxygen atoms in total. The summed E-state index contributed by atoms with van der Waals surface area (Å²) in [6, 6.07) is 7.86. The van der Waals surface area contributed by atoms with Crippen LogP contribution in [0.25, 0.3) is 0 Å². The van der Waals surface area contributed by atoms with Crippen molar-refractivity contribution in [3.8, 4) is 0 Å². The molecule has 0 spiro atoms. The normalized spacial score (nSPS) is 18.2. The molecule has 1 aromatic heterocycles. The fourth-order valence-electron chi connectivity index (χ4n) is 2.56. The zero-order valence-electron chi connectivity index (χ0n) is 10.7. The lowest BCUT2D eigenvalue weighted by molar-refractivity contribution is 0.603. The minimum atomic E-state index is -0.146. The summed E-state index contributed by atoms with van der Waals surface area (Å²) < 4.78 is 14.8. The molecule has 0 saturated heterocycles. The van der Waals surface area contributed by atoms with E-state index in [0.717, 1.165) is 18.5 Å². The Labute approximate surface area is 125 Å². The standard InChI is InChI=1S/C15H15BrFNS/c1-9-5-6-10(7-12(9)17)18-13-3-2-4-14-11(13)8-15(16)19-14/h5-8,13,18H,2-4H2,1H3. The summed E-state index contributed by atoms with van der Waals surface area (Å²) in [6.07, 6.45) is 3.45. The smallest absolute Gasteiger partial charge is 0.128 e. The molecule has 4 heteroatoms. The number of halogens is 2. The number of aryl methyl sites for hydroxylation is 2. The maximum Gasteiger partial charge on any atom is 0.128 e. The van der Waals surface area contributed by atoms with Crippen molar-refractivity contribution >= 4 is 33.0 Å². The Hall–Kier alpha value is -0.870. The van der Waals surface area contributed by atoms with Crippen LogP contribution in [0.2, 0.25) is 0 Å².